The fraction of sp³-hybridized carbons (Fsp3) is 0.684. The van der Waals surface area contributed by atoms with Gasteiger partial charge in [-0.2, -0.15) is 0 Å². The van der Waals surface area contributed by atoms with E-state index < -0.39 is 17.8 Å². The van der Waals surface area contributed by atoms with Gasteiger partial charge in [-0.1, -0.05) is 0 Å². The summed E-state index contributed by atoms with van der Waals surface area (Å²) in [6.07, 6.45) is 6.91. The van der Waals surface area contributed by atoms with E-state index in [1.807, 2.05) is 0 Å². The smallest absolute Gasteiger partial charge is 0.190 e. The molecule has 3 rings (SSSR count). The first kappa shape index (κ1) is 16.7. The van der Waals surface area contributed by atoms with Crippen LogP contribution in [0.1, 0.15) is 62.8 Å². The highest BCUT2D eigenvalue weighted by Crippen LogP contribution is 2.44. The van der Waals surface area contributed by atoms with Crippen molar-refractivity contribution >= 4 is 0 Å². The third-order valence-corrected chi connectivity index (χ3v) is 5.84. The molecule has 0 aromatic heterocycles. The Hall–Kier alpha value is -1.19. The van der Waals surface area contributed by atoms with E-state index in [2.05, 4.69) is 0 Å². The Morgan fingerprint density at radius 1 is 0.826 bits per heavy atom. The quantitative estimate of drug-likeness (QED) is 0.684. The largest absolute Gasteiger partial charge is 0.491 e. The number of ether oxygens (including phenoxy) is 1. The molecule has 1 aromatic rings. The van der Waals surface area contributed by atoms with Gasteiger partial charge in [-0.15, -0.1) is 0 Å². The van der Waals surface area contributed by atoms with E-state index in [1.54, 1.807) is 0 Å². The minimum Gasteiger partial charge on any atom is -0.491 e. The zero-order valence-electron chi connectivity index (χ0n) is 13.7. The third-order valence-electron chi connectivity index (χ3n) is 5.84. The van der Waals surface area contributed by atoms with Crippen molar-refractivity contribution in [1.82, 2.24) is 0 Å². The Labute approximate surface area is 136 Å². The molecule has 2 aliphatic carbocycles. The number of methoxy groups -OCH3 is 1. The van der Waals surface area contributed by atoms with Crippen LogP contribution >= 0.6 is 0 Å². The number of benzene rings is 1. The maximum atomic E-state index is 13.9. The summed E-state index contributed by atoms with van der Waals surface area (Å²) in [5, 5.41) is 0. The maximum Gasteiger partial charge on any atom is 0.190 e. The topological polar surface area (TPSA) is 9.23 Å². The van der Waals surface area contributed by atoms with Gasteiger partial charge < -0.3 is 4.74 Å². The molecular formula is C19H25F3O. The Bertz CT molecular complexity index is 506. The number of hydrogen-bond acceptors (Lipinski definition) is 1. The molecule has 2 saturated carbocycles. The van der Waals surface area contributed by atoms with Crippen molar-refractivity contribution in [2.24, 2.45) is 11.8 Å². The molecule has 0 saturated heterocycles. The number of alkyl halides is 1. The average molecular weight is 326 g/mol. The highest BCUT2D eigenvalue weighted by molar-refractivity contribution is 5.33. The predicted molar refractivity (Wildman–Crippen MR) is 84.5 cm³/mol. The predicted octanol–water partition coefficient (Wildman–Crippen LogP) is 5.78. The fourth-order valence-electron chi connectivity index (χ4n) is 4.48. The van der Waals surface area contributed by atoms with Gasteiger partial charge in [-0.25, -0.2) is 13.2 Å². The van der Waals surface area contributed by atoms with E-state index in [4.69, 9.17) is 4.74 Å². The zero-order valence-corrected chi connectivity index (χ0v) is 13.7. The zero-order chi connectivity index (χ0) is 16.4. The minimum atomic E-state index is -0.620. The molecule has 128 valence electrons. The molecule has 2 aliphatic rings. The first-order valence-corrected chi connectivity index (χ1v) is 8.75. The Balaban J connectivity index is 1.61. The molecule has 0 amide bonds. The van der Waals surface area contributed by atoms with E-state index in [-0.39, 0.29) is 11.7 Å². The van der Waals surface area contributed by atoms with Gasteiger partial charge in [-0.05, 0) is 86.8 Å². The van der Waals surface area contributed by atoms with Gasteiger partial charge in [0.25, 0.3) is 0 Å². The average Bonchev–Trinajstić information content (AvgIpc) is 2.55. The van der Waals surface area contributed by atoms with Gasteiger partial charge in [0, 0.05) is 0 Å². The molecule has 0 unspecified atom stereocenters. The van der Waals surface area contributed by atoms with Gasteiger partial charge in [0.15, 0.2) is 17.4 Å². The number of rotatable bonds is 3. The van der Waals surface area contributed by atoms with Gasteiger partial charge in [0.2, 0.25) is 0 Å². The van der Waals surface area contributed by atoms with Crippen molar-refractivity contribution in [2.75, 3.05) is 7.11 Å². The summed E-state index contributed by atoms with van der Waals surface area (Å²) in [5.74, 6) is -0.0140. The van der Waals surface area contributed by atoms with Crippen LogP contribution in [0.5, 0.6) is 5.75 Å². The maximum absolute atomic E-state index is 13.9. The summed E-state index contributed by atoms with van der Waals surface area (Å²) < 4.78 is 45.7. The summed E-state index contributed by atoms with van der Waals surface area (Å²) in [6, 6.07) is 2.84. The molecule has 23 heavy (non-hydrogen) atoms. The van der Waals surface area contributed by atoms with Crippen LogP contribution in [0, 0.1) is 23.5 Å². The lowest BCUT2D eigenvalue weighted by atomic mass is 9.69. The van der Waals surface area contributed by atoms with Crippen LogP contribution in [0.2, 0.25) is 0 Å². The van der Waals surface area contributed by atoms with Gasteiger partial charge in [-0.3, -0.25) is 0 Å². The molecule has 2 fully saturated rings. The lowest BCUT2D eigenvalue weighted by Gasteiger charge is -2.36. The first-order valence-electron chi connectivity index (χ1n) is 8.75. The monoisotopic (exact) mass is 326 g/mol. The van der Waals surface area contributed by atoms with Crippen molar-refractivity contribution in [3.63, 3.8) is 0 Å². The highest BCUT2D eigenvalue weighted by Gasteiger charge is 2.31. The van der Waals surface area contributed by atoms with E-state index in [0.717, 1.165) is 44.1 Å². The van der Waals surface area contributed by atoms with E-state index in [0.29, 0.717) is 24.7 Å². The van der Waals surface area contributed by atoms with Crippen LogP contribution < -0.4 is 4.74 Å². The molecule has 4 heteroatoms. The molecular weight excluding hydrogens is 301 g/mol. The van der Waals surface area contributed by atoms with Crippen molar-refractivity contribution in [3.8, 4) is 5.75 Å². The second-order valence-corrected chi connectivity index (χ2v) is 7.14. The van der Waals surface area contributed by atoms with Crippen molar-refractivity contribution in [3.05, 3.63) is 29.3 Å². The van der Waals surface area contributed by atoms with Crippen molar-refractivity contribution in [2.45, 2.75) is 63.5 Å². The van der Waals surface area contributed by atoms with Gasteiger partial charge >= 0.3 is 0 Å². The van der Waals surface area contributed by atoms with Crippen LogP contribution in [0.25, 0.3) is 0 Å². The lowest BCUT2D eigenvalue weighted by Crippen LogP contribution is -2.25. The van der Waals surface area contributed by atoms with Crippen LogP contribution in [-0.4, -0.2) is 13.3 Å². The molecule has 0 aliphatic heterocycles. The van der Waals surface area contributed by atoms with E-state index in [1.165, 1.54) is 19.2 Å². The number of halogens is 3. The fourth-order valence-corrected chi connectivity index (χ4v) is 4.48. The van der Waals surface area contributed by atoms with Crippen LogP contribution in [-0.2, 0) is 0 Å². The van der Waals surface area contributed by atoms with Gasteiger partial charge in [0.1, 0.15) is 6.17 Å². The molecule has 0 bridgehead atoms. The van der Waals surface area contributed by atoms with E-state index in [9.17, 15) is 13.2 Å². The minimum absolute atomic E-state index is 0.221. The highest BCUT2D eigenvalue weighted by atomic mass is 19.1. The van der Waals surface area contributed by atoms with Crippen molar-refractivity contribution in [1.29, 1.82) is 0 Å². The normalized spacial score (nSPS) is 31.8. The Morgan fingerprint density at radius 3 is 1.78 bits per heavy atom. The molecule has 1 aromatic carbocycles. The Kier molecular flexibility index (Phi) is 5.17. The van der Waals surface area contributed by atoms with Gasteiger partial charge in [0.05, 0.1) is 7.11 Å². The van der Waals surface area contributed by atoms with Crippen LogP contribution in [0.3, 0.4) is 0 Å². The second-order valence-electron chi connectivity index (χ2n) is 7.14. The summed E-state index contributed by atoms with van der Waals surface area (Å²) in [4.78, 5) is 0. The summed E-state index contributed by atoms with van der Waals surface area (Å²) in [5.41, 5.74) is 0.742. The lowest BCUT2D eigenvalue weighted by molar-refractivity contribution is 0.138. The summed E-state index contributed by atoms with van der Waals surface area (Å²) >= 11 is 0. The third kappa shape index (κ3) is 3.67. The molecule has 0 radical (unpaired) electrons. The van der Waals surface area contributed by atoms with Crippen LogP contribution in [0.4, 0.5) is 13.2 Å². The van der Waals surface area contributed by atoms with E-state index >= 15 is 0 Å². The second kappa shape index (κ2) is 7.14. The molecule has 0 N–H and O–H groups in total. The van der Waals surface area contributed by atoms with Crippen LogP contribution in [0.15, 0.2) is 12.1 Å². The molecule has 0 spiro atoms. The molecule has 0 heterocycles. The SMILES string of the molecule is COc1c(F)cc(C2CCC(C3CCC(F)CC3)CC2)cc1F. The first-order chi connectivity index (χ1) is 11.1. The molecule has 1 nitrogen and oxygen atoms in total. The van der Waals surface area contributed by atoms with Crippen molar-refractivity contribution < 1.29 is 17.9 Å². The molecule has 0 atom stereocenters. The summed E-state index contributed by atoms with van der Waals surface area (Å²) in [7, 11) is 1.28. The Morgan fingerprint density at radius 2 is 1.30 bits per heavy atom. The summed E-state index contributed by atoms with van der Waals surface area (Å²) in [6.45, 7) is 0. The standard InChI is InChI=1S/C19H25F3O/c1-23-19-17(21)10-15(11-18(19)22)14-4-2-12(3-5-14)13-6-8-16(20)9-7-13/h10-14,16H,2-9H2,1H3. The number of hydrogen-bond donors (Lipinski definition) is 0.